The number of oxazole rings is 1. The molecule has 1 saturated heterocycles. The summed E-state index contributed by atoms with van der Waals surface area (Å²) in [6.45, 7) is 4.21. The van der Waals surface area contributed by atoms with Gasteiger partial charge in [0.05, 0.1) is 17.5 Å². The molecule has 0 saturated carbocycles. The molecule has 6 nitrogen and oxygen atoms in total. The zero-order valence-electron chi connectivity index (χ0n) is 17.2. The maximum atomic E-state index is 14.1. The highest BCUT2D eigenvalue weighted by Gasteiger charge is 2.22. The highest BCUT2D eigenvalue weighted by atomic mass is 35.5. The monoisotopic (exact) mass is 443 g/mol. The van der Waals surface area contributed by atoms with E-state index in [0.717, 1.165) is 56.5 Å². The van der Waals surface area contributed by atoms with Gasteiger partial charge < -0.3 is 13.7 Å². The van der Waals surface area contributed by atoms with E-state index in [9.17, 15) is 9.18 Å². The van der Waals surface area contributed by atoms with E-state index in [2.05, 4.69) is 9.80 Å². The number of fused-ring (bicyclic) bond motifs is 2. The lowest BCUT2D eigenvalue weighted by atomic mass is 10.1. The third-order valence-corrected chi connectivity index (χ3v) is 6.32. The van der Waals surface area contributed by atoms with Crippen LogP contribution in [0.1, 0.15) is 12.0 Å². The van der Waals surface area contributed by atoms with Gasteiger partial charge >= 0.3 is 5.76 Å². The van der Waals surface area contributed by atoms with Crippen LogP contribution in [0.15, 0.2) is 50.2 Å². The minimum absolute atomic E-state index is 0.367. The van der Waals surface area contributed by atoms with Crippen molar-refractivity contribution >= 4 is 39.4 Å². The molecule has 1 fully saturated rings. The fourth-order valence-electron chi connectivity index (χ4n) is 4.36. The van der Waals surface area contributed by atoms with Crippen molar-refractivity contribution in [2.24, 2.45) is 7.05 Å². The van der Waals surface area contributed by atoms with Crippen LogP contribution in [-0.4, -0.2) is 42.2 Å². The maximum Gasteiger partial charge on any atom is 0.419 e. The Hall–Kier alpha value is -2.77. The summed E-state index contributed by atoms with van der Waals surface area (Å²) in [6, 6.07) is 8.49. The van der Waals surface area contributed by atoms with Crippen molar-refractivity contribution in [3.05, 3.63) is 63.5 Å². The summed E-state index contributed by atoms with van der Waals surface area (Å²) in [6.07, 6.45) is 3.76. The Kier molecular flexibility index (Phi) is 5.24. The van der Waals surface area contributed by atoms with E-state index >= 15 is 0 Å². The van der Waals surface area contributed by atoms with Crippen molar-refractivity contribution in [2.45, 2.75) is 12.8 Å². The first-order valence-electron chi connectivity index (χ1n) is 10.4. The van der Waals surface area contributed by atoms with Gasteiger partial charge in [-0.25, -0.2) is 9.18 Å². The van der Waals surface area contributed by atoms with Crippen LogP contribution in [-0.2, 0) is 13.5 Å². The summed E-state index contributed by atoms with van der Waals surface area (Å²) < 4.78 is 26.5. The van der Waals surface area contributed by atoms with E-state index in [1.165, 1.54) is 22.3 Å². The van der Waals surface area contributed by atoms with Gasteiger partial charge in [-0.2, -0.15) is 0 Å². The van der Waals surface area contributed by atoms with Gasteiger partial charge in [0.2, 0.25) is 0 Å². The molecule has 0 aliphatic carbocycles. The minimum atomic E-state index is -0.478. The van der Waals surface area contributed by atoms with Crippen molar-refractivity contribution in [3.63, 3.8) is 0 Å². The Morgan fingerprint density at radius 1 is 1.13 bits per heavy atom. The molecule has 1 aliphatic heterocycles. The van der Waals surface area contributed by atoms with Crippen LogP contribution in [0.25, 0.3) is 22.1 Å². The van der Waals surface area contributed by atoms with Crippen LogP contribution in [0, 0.1) is 5.82 Å². The molecule has 0 spiro atoms. The summed E-state index contributed by atoms with van der Waals surface area (Å²) in [5.74, 6) is -0.845. The second kappa shape index (κ2) is 8.05. The van der Waals surface area contributed by atoms with E-state index in [1.807, 2.05) is 24.5 Å². The third-order valence-electron chi connectivity index (χ3n) is 6.09. The molecule has 2 aromatic heterocycles. The average molecular weight is 444 g/mol. The zero-order valence-corrected chi connectivity index (χ0v) is 18.0. The van der Waals surface area contributed by atoms with Gasteiger partial charge in [0.15, 0.2) is 5.58 Å². The van der Waals surface area contributed by atoms with Gasteiger partial charge in [-0.1, -0.05) is 11.6 Å². The SMILES string of the molecule is Cn1c(=O)oc2c(N3CCN(CCCc4coc5ccc(Cl)cc45)CC3)cc(F)cc21. The lowest BCUT2D eigenvalue weighted by Gasteiger charge is -2.36. The molecule has 1 aliphatic rings. The Balaban J connectivity index is 1.21. The van der Waals surface area contributed by atoms with Gasteiger partial charge in [-0.3, -0.25) is 9.47 Å². The van der Waals surface area contributed by atoms with Gasteiger partial charge in [0.1, 0.15) is 11.4 Å². The largest absolute Gasteiger partial charge is 0.464 e. The van der Waals surface area contributed by atoms with E-state index in [4.69, 9.17) is 20.4 Å². The first kappa shape index (κ1) is 20.2. The summed E-state index contributed by atoms with van der Waals surface area (Å²) in [4.78, 5) is 16.4. The third kappa shape index (κ3) is 3.83. The number of aryl methyl sites for hydroxylation is 2. The molecule has 0 radical (unpaired) electrons. The van der Waals surface area contributed by atoms with Gasteiger partial charge in [0.25, 0.3) is 0 Å². The number of halogens is 2. The molecular formula is C23H23ClFN3O3. The van der Waals surface area contributed by atoms with Crippen molar-refractivity contribution in [3.8, 4) is 0 Å². The lowest BCUT2D eigenvalue weighted by molar-refractivity contribution is 0.255. The highest BCUT2D eigenvalue weighted by Crippen LogP contribution is 2.29. The molecule has 31 heavy (non-hydrogen) atoms. The Morgan fingerprint density at radius 2 is 1.94 bits per heavy atom. The van der Waals surface area contributed by atoms with Crippen molar-refractivity contribution in [1.29, 1.82) is 0 Å². The zero-order chi connectivity index (χ0) is 21.5. The van der Waals surface area contributed by atoms with Gasteiger partial charge in [-0.15, -0.1) is 0 Å². The molecule has 4 aromatic rings. The number of anilines is 1. The molecule has 162 valence electrons. The number of nitrogens with zero attached hydrogens (tertiary/aromatic N) is 3. The lowest BCUT2D eigenvalue weighted by Crippen LogP contribution is -2.46. The molecule has 3 heterocycles. The number of aromatic nitrogens is 1. The first-order chi connectivity index (χ1) is 15.0. The predicted molar refractivity (Wildman–Crippen MR) is 120 cm³/mol. The first-order valence-corrected chi connectivity index (χ1v) is 10.8. The molecule has 0 N–H and O–H groups in total. The number of piperazine rings is 1. The topological polar surface area (TPSA) is 54.8 Å². The quantitative estimate of drug-likeness (QED) is 0.457. The molecule has 0 bridgehead atoms. The summed E-state index contributed by atoms with van der Waals surface area (Å²) in [7, 11) is 1.59. The Bertz CT molecular complexity index is 1300. The van der Waals surface area contributed by atoms with Crippen molar-refractivity contribution in [2.75, 3.05) is 37.6 Å². The van der Waals surface area contributed by atoms with Crippen LogP contribution in [0.4, 0.5) is 10.1 Å². The molecular weight excluding hydrogens is 421 g/mol. The second-order valence-electron chi connectivity index (χ2n) is 8.03. The fourth-order valence-corrected chi connectivity index (χ4v) is 4.53. The van der Waals surface area contributed by atoms with E-state index in [0.29, 0.717) is 21.8 Å². The number of hydrogen-bond donors (Lipinski definition) is 0. The van der Waals surface area contributed by atoms with Crippen LogP contribution in [0.3, 0.4) is 0 Å². The van der Waals surface area contributed by atoms with E-state index in [-0.39, 0.29) is 5.82 Å². The fraction of sp³-hybridized carbons (Fsp3) is 0.348. The molecule has 0 atom stereocenters. The summed E-state index contributed by atoms with van der Waals surface area (Å²) in [5, 5.41) is 1.80. The van der Waals surface area contributed by atoms with Crippen LogP contribution in [0.5, 0.6) is 0 Å². The Labute approximate surface area is 183 Å². The van der Waals surface area contributed by atoms with Crippen LogP contribution >= 0.6 is 11.6 Å². The predicted octanol–water partition coefficient (Wildman–Crippen LogP) is 4.43. The number of rotatable bonds is 5. The van der Waals surface area contributed by atoms with Crippen LogP contribution in [0.2, 0.25) is 5.02 Å². The van der Waals surface area contributed by atoms with Gasteiger partial charge in [-0.05, 0) is 43.1 Å². The number of benzene rings is 2. The second-order valence-corrected chi connectivity index (χ2v) is 8.47. The maximum absolute atomic E-state index is 14.1. The van der Waals surface area contributed by atoms with Crippen molar-refractivity contribution < 1.29 is 13.2 Å². The normalized spacial score (nSPS) is 15.4. The minimum Gasteiger partial charge on any atom is -0.464 e. The van der Waals surface area contributed by atoms with E-state index < -0.39 is 5.76 Å². The molecule has 5 rings (SSSR count). The number of furan rings is 1. The van der Waals surface area contributed by atoms with E-state index in [1.54, 1.807) is 7.05 Å². The number of hydrogen-bond acceptors (Lipinski definition) is 5. The molecule has 0 unspecified atom stereocenters. The molecule has 0 amide bonds. The summed E-state index contributed by atoms with van der Waals surface area (Å²) >= 11 is 6.12. The highest BCUT2D eigenvalue weighted by molar-refractivity contribution is 6.31. The molecule has 8 heteroatoms. The van der Waals surface area contributed by atoms with Gasteiger partial charge in [0, 0.05) is 55.8 Å². The smallest absolute Gasteiger partial charge is 0.419 e. The Morgan fingerprint density at radius 3 is 2.74 bits per heavy atom. The summed E-state index contributed by atoms with van der Waals surface area (Å²) in [5.41, 5.74) is 3.62. The van der Waals surface area contributed by atoms with Crippen molar-refractivity contribution in [1.82, 2.24) is 9.47 Å². The average Bonchev–Trinajstić information content (AvgIpc) is 3.29. The molecule has 2 aromatic carbocycles. The standard InChI is InChI=1S/C23H23ClFN3O3/c1-26-19-12-17(25)13-20(22(19)31-23(26)29)28-9-7-27(8-10-28)6-2-3-15-14-30-21-5-4-16(24)11-18(15)21/h4-5,11-14H,2-3,6-10H2,1H3. The van der Waals surface area contributed by atoms with Crippen LogP contribution < -0.4 is 10.7 Å².